The average molecular weight is 458 g/mol. The summed E-state index contributed by atoms with van der Waals surface area (Å²) in [6, 6.07) is 17.8. The molecule has 0 fully saturated rings. The van der Waals surface area contributed by atoms with Gasteiger partial charge >= 0.3 is 0 Å². The van der Waals surface area contributed by atoms with Gasteiger partial charge in [0.25, 0.3) is 11.5 Å². The lowest BCUT2D eigenvalue weighted by atomic mass is 10.1. The van der Waals surface area contributed by atoms with Crippen LogP contribution in [-0.2, 0) is 0 Å². The van der Waals surface area contributed by atoms with Crippen molar-refractivity contribution in [2.75, 3.05) is 0 Å². The summed E-state index contributed by atoms with van der Waals surface area (Å²) in [5.41, 5.74) is 2.54. The molecule has 3 heterocycles. The van der Waals surface area contributed by atoms with Gasteiger partial charge in [-0.2, -0.15) is 5.10 Å². The molecule has 5 rings (SSSR count). The number of aryl methyl sites for hydroxylation is 1. The molecule has 0 aliphatic carbocycles. The van der Waals surface area contributed by atoms with Crippen molar-refractivity contribution in [2.45, 2.75) is 19.9 Å². The number of rotatable bonds is 4. The first-order chi connectivity index (χ1) is 16.0. The van der Waals surface area contributed by atoms with E-state index in [1.807, 2.05) is 49.4 Å². The number of para-hydroxylation sites is 1. The average Bonchev–Trinajstić information content (AvgIpc) is 3.15. The summed E-state index contributed by atoms with van der Waals surface area (Å²) in [7, 11) is 0. The van der Waals surface area contributed by atoms with Gasteiger partial charge in [-0.25, -0.2) is 9.50 Å². The predicted octanol–water partition coefficient (Wildman–Crippen LogP) is 4.49. The monoisotopic (exact) mass is 457 g/mol. The number of carbonyl (C=O) groups is 1. The van der Waals surface area contributed by atoms with Crippen LogP contribution in [0.15, 0.2) is 77.9 Å². The molecule has 0 spiro atoms. The highest BCUT2D eigenvalue weighted by molar-refractivity contribution is 6.35. The summed E-state index contributed by atoms with van der Waals surface area (Å²) >= 11 is 6.38. The molecule has 1 N–H and O–H groups in total. The Hall–Kier alpha value is -3.97. The van der Waals surface area contributed by atoms with Crippen molar-refractivity contribution in [1.29, 1.82) is 0 Å². The number of hydrogen-bond acceptors (Lipinski definition) is 4. The molecule has 0 aliphatic heterocycles. The summed E-state index contributed by atoms with van der Waals surface area (Å²) in [6.07, 6.45) is 3.37. The number of fused-ring (bicyclic) bond motifs is 2. The lowest BCUT2D eigenvalue weighted by Gasteiger charge is -2.21. The normalized spacial score (nSPS) is 12.2. The van der Waals surface area contributed by atoms with Crippen molar-refractivity contribution in [3.05, 3.63) is 105 Å². The Kier molecular flexibility index (Phi) is 5.18. The van der Waals surface area contributed by atoms with E-state index < -0.39 is 6.04 Å². The SMILES string of the molecule is Cc1nn2cccnc2c1C(=O)N[C@@H](C)c1cc2cccc(Cl)c2c(=O)n1-c1ccccc1. The molecular weight excluding hydrogens is 438 g/mol. The Balaban J connectivity index is 1.64. The maximum Gasteiger partial charge on any atom is 0.264 e. The van der Waals surface area contributed by atoms with E-state index in [1.165, 1.54) is 0 Å². The third kappa shape index (κ3) is 3.56. The van der Waals surface area contributed by atoms with Gasteiger partial charge in [0.2, 0.25) is 0 Å². The van der Waals surface area contributed by atoms with E-state index >= 15 is 0 Å². The topological polar surface area (TPSA) is 81.3 Å². The van der Waals surface area contributed by atoms with Crippen LogP contribution in [0.5, 0.6) is 0 Å². The summed E-state index contributed by atoms with van der Waals surface area (Å²) in [5.74, 6) is -0.313. The fourth-order valence-corrected chi connectivity index (χ4v) is 4.37. The molecule has 0 saturated carbocycles. The molecule has 0 aliphatic rings. The number of pyridine rings is 1. The van der Waals surface area contributed by atoms with Gasteiger partial charge in [0.05, 0.1) is 22.1 Å². The highest BCUT2D eigenvalue weighted by Gasteiger charge is 2.23. The second-order valence-corrected chi connectivity index (χ2v) is 8.20. The first-order valence-corrected chi connectivity index (χ1v) is 10.8. The lowest BCUT2D eigenvalue weighted by Crippen LogP contribution is -2.32. The lowest BCUT2D eigenvalue weighted by molar-refractivity contribution is 0.0939. The van der Waals surface area contributed by atoms with E-state index in [2.05, 4.69) is 15.4 Å². The van der Waals surface area contributed by atoms with Gasteiger partial charge < -0.3 is 5.32 Å². The first kappa shape index (κ1) is 20.9. The molecule has 0 saturated heterocycles. The van der Waals surface area contributed by atoms with Crippen molar-refractivity contribution in [2.24, 2.45) is 0 Å². The molecule has 33 heavy (non-hydrogen) atoms. The van der Waals surface area contributed by atoms with Crippen molar-refractivity contribution >= 4 is 33.9 Å². The van der Waals surface area contributed by atoms with Crippen molar-refractivity contribution in [3.8, 4) is 5.69 Å². The Bertz CT molecular complexity index is 1570. The molecule has 0 bridgehead atoms. The Morgan fingerprint density at radius 2 is 1.88 bits per heavy atom. The summed E-state index contributed by atoms with van der Waals surface area (Å²) in [6.45, 7) is 3.61. The van der Waals surface area contributed by atoms with Crippen LogP contribution >= 0.6 is 11.6 Å². The Morgan fingerprint density at radius 3 is 2.67 bits per heavy atom. The summed E-state index contributed by atoms with van der Waals surface area (Å²) in [4.78, 5) is 31.1. The zero-order valence-corrected chi connectivity index (χ0v) is 18.7. The van der Waals surface area contributed by atoms with Gasteiger partial charge in [-0.1, -0.05) is 41.9 Å². The molecule has 3 aromatic heterocycles. The Labute approximate surface area is 194 Å². The van der Waals surface area contributed by atoms with Crippen LogP contribution in [0.1, 0.15) is 34.7 Å². The zero-order chi connectivity index (χ0) is 23.1. The standard InChI is InChI=1S/C25H20ClN5O2/c1-15(28-24(32)21-16(2)29-30-13-7-12-27-23(21)30)20-14-17-8-6-11-19(26)22(17)25(33)31(20)18-9-4-3-5-10-18/h3-15H,1-2H3,(H,28,32)/t15-/m0/s1. The molecule has 164 valence electrons. The molecule has 5 aromatic rings. The number of halogens is 1. The molecule has 0 radical (unpaired) electrons. The van der Waals surface area contributed by atoms with E-state index in [-0.39, 0.29) is 11.5 Å². The minimum absolute atomic E-state index is 0.241. The van der Waals surface area contributed by atoms with Crippen LogP contribution in [0, 0.1) is 6.92 Å². The van der Waals surface area contributed by atoms with Crippen LogP contribution in [0.3, 0.4) is 0 Å². The van der Waals surface area contributed by atoms with E-state index in [4.69, 9.17) is 11.6 Å². The molecule has 7 nitrogen and oxygen atoms in total. The molecule has 0 unspecified atom stereocenters. The molecule has 2 aromatic carbocycles. The number of aromatic nitrogens is 4. The highest BCUT2D eigenvalue weighted by atomic mass is 35.5. The van der Waals surface area contributed by atoms with Crippen molar-refractivity contribution < 1.29 is 4.79 Å². The van der Waals surface area contributed by atoms with Gasteiger partial charge in [0.15, 0.2) is 5.65 Å². The molecule has 1 amide bonds. The fraction of sp³-hybridized carbons (Fsp3) is 0.120. The summed E-state index contributed by atoms with van der Waals surface area (Å²) < 4.78 is 3.17. The van der Waals surface area contributed by atoms with Crippen molar-refractivity contribution in [1.82, 2.24) is 24.5 Å². The predicted molar refractivity (Wildman–Crippen MR) is 128 cm³/mol. The van der Waals surface area contributed by atoms with Crippen LogP contribution in [0.2, 0.25) is 5.02 Å². The van der Waals surface area contributed by atoms with E-state index in [1.54, 1.807) is 46.6 Å². The smallest absolute Gasteiger partial charge is 0.264 e. The minimum Gasteiger partial charge on any atom is -0.344 e. The number of nitrogens with zero attached hydrogens (tertiary/aromatic N) is 4. The summed E-state index contributed by atoms with van der Waals surface area (Å²) in [5, 5.41) is 8.93. The van der Waals surface area contributed by atoms with Crippen LogP contribution in [-0.4, -0.2) is 25.1 Å². The number of amides is 1. The third-order valence-electron chi connectivity index (χ3n) is 5.63. The van der Waals surface area contributed by atoms with Gasteiger partial charge in [0.1, 0.15) is 5.56 Å². The molecular formula is C25H20ClN5O2. The second-order valence-electron chi connectivity index (χ2n) is 7.79. The molecule has 8 heteroatoms. The van der Waals surface area contributed by atoms with Crippen LogP contribution < -0.4 is 10.9 Å². The largest absolute Gasteiger partial charge is 0.344 e. The third-order valence-corrected chi connectivity index (χ3v) is 5.94. The van der Waals surface area contributed by atoms with Crippen LogP contribution in [0.4, 0.5) is 0 Å². The van der Waals surface area contributed by atoms with Crippen molar-refractivity contribution in [3.63, 3.8) is 0 Å². The number of carbonyl (C=O) groups excluding carboxylic acids is 1. The van der Waals surface area contributed by atoms with Crippen LogP contribution in [0.25, 0.3) is 22.1 Å². The number of nitrogens with one attached hydrogen (secondary N) is 1. The minimum atomic E-state index is -0.494. The van der Waals surface area contributed by atoms with E-state index in [0.717, 1.165) is 0 Å². The maximum absolute atomic E-state index is 13.6. The number of benzene rings is 2. The van der Waals surface area contributed by atoms with Gasteiger partial charge in [-0.3, -0.25) is 14.2 Å². The van der Waals surface area contributed by atoms with Gasteiger partial charge in [-0.05, 0) is 49.6 Å². The van der Waals surface area contributed by atoms with Gasteiger partial charge in [0, 0.05) is 23.8 Å². The van der Waals surface area contributed by atoms with E-state index in [0.29, 0.717) is 44.1 Å². The maximum atomic E-state index is 13.6. The number of hydrogen-bond donors (Lipinski definition) is 1. The first-order valence-electron chi connectivity index (χ1n) is 10.5. The quantitative estimate of drug-likeness (QED) is 0.431. The second kappa shape index (κ2) is 8.18. The Morgan fingerprint density at radius 1 is 1.09 bits per heavy atom. The fourth-order valence-electron chi connectivity index (χ4n) is 4.11. The highest BCUT2D eigenvalue weighted by Crippen LogP contribution is 2.26. The van der Waals surface area contributed by atoms with E-state index in [9.17, 15) is 9.59 Å². The van der Waals surface area contributed by atoms with Gasteiger partial charge in [-0.15, -0.1) is 0 Å². The zero-order valence-electron chi connectivity index (χ0n) is 18.0. The molecule has 1 atom stereocenters.